The molecule has 20 heteroatoms. The van der Waals surface area contributed by atoms with Crippen LogP contribution in [0.2, 0.25) is 5.02 Å². The number of benzene rings is 1. The number of morpholine rings is 1. The van der Waals surface area contributed by atoms with E-state index in [0.29, 0.717) is 52.8 Å². The van der Waals surface area contributed by atoms with Crippen molar-refractivity contribution in [3.63, 3.8) is 0 Å². The van der Waals surface area contributed by atoms with Crippen molar-refractivity contribution in [1.82, 2.24) is 28.8 Å². The number of piperazine rings is 1. The first-order chi connectivity index (χ1) is 23.5. The van der Waals surface area contributed by atoms with E-state index in [1.165, 1.54) is 15.3 Å². The van der Waals surface area contributed by atoms with E-state index < -0.39 is 44.0 Å². The molecule has 50 heavy (non-hydrogen) atoms. The van der Waals surface area contributed by atoms with Gasteiger partial charge in [-0.25, -0.2) is 21.8 Å². The van der Waals surface area contributed by atoms with Crippen molar-refractivity contribution < 1.29 is 41.0 Å². The number of nitrogens with one attached hydrogen (secondary N) is 2. The molecule has 2 atom stereocenters. The molecule has 0 radical (unpaired) electrons. The van der Waals surface area contributed by atoms with Crippen LogP contribution >= 0.6 is 22.9 Å². The summed E-state index contributed by atoms with van der Waals surface area (Å²) in [5.41, 5.74) is 0.124. The Morgan fingerprint density at radius 2 is 1.90 bits per heavy atom. The number of aromatic nitrogens is 2. The van der Waals surface area contributed by atoms with Gasteiger partial charge in [0.1, 0.15) is 10.1 Å². The zero-order valence-electron chi connectivity index (χ0n) is 27.6. The number of ether oxygens (including phenoxy) is 2. The van der Waals surface area contributed by atoms with E-state index in [4.69, 9.17) is 21.1 Å². The average molecular weight is 772 g/mol. The number of hydrogen-bond donors (Lipinski definition) is 3. The number of carbonyl (C=O) groups is 2. The highest BCUT2D eigenvalue weighted by Gasteiger charge is 2.40. The third-order valence-electron chi connectivity index (χ3n) is 8.37. The second-order valence-corrected chi connectivity index (χ2v) is 18.2. The minimum atomic E-state index is -4.24. The fraction of sp³-hybridized carbons (Fsp3) is 0.533. The van der Waals surface area contributed by atoms with Crippen molar-refractivity contribution in [2.24, 2.45) is 4.99 Å². The molecule has 0 aliphatic carbocycles. The van der Waals surface area contributed by atoms with Gasteiger partial charge in [0, 0.05) is 61.5 Å². The number of thiazole rings is 1. The second-order valence-electron chi connectivity index (χ2n) is 13.1. The maximum atomic E-state index is 14.0. The number of carbonyl (C=O) groups excluding carboxylic acids is 2. The number of aromatic amines is 1. The number of rotatable bonds is 8. The Morgan fingerprint density at radius 1 is 1.16 bits per heavy atom. The number of aliphatic hydroxyl groups is 1. The van der Waals surface area contributed by atoms with E-state index in [0.717, 1.165) is 11.3 Å². The highest BCUT2D eigenvalue weighted by atomic mass is 35.5. The van der Waals surface area contributed by atoms with Gasteiger partial charge in [0.15, 0.2) is 5.01 Å². The van der Waals surface area contributed by atoms with Gasteiger partial charge in [0.05, 0.1) is 42.0 Å². The highest BCUT2D eigenvalue weighted by molar-refractivity contribution is 8.04. The summed E-state index contributed by atoms with van der Waals surface area (Å²) in [5, 5.41) is 11.0. The van der Waals surface area contributed by atoms with Gasteiger partial charge in [-0.2, -0.15) is 9.03 Å². The van der Waals surface area contributed by atoms with Crippen molar-refractivity contribution in [3.8, 4) is 0 Å². The molecule has 2 amide bonds. The van der Waals surface area contributed by atoms with Gasteiger partial charge in [-0.1, -0.05) is 11.6 Å². The monoisotopic (exact) mass is 771 g/mol. The maximum Gasteiger partial charge on any atom is 0.283 e. The molecule has 1 aromatic carbocycles. The summed E-state index contributed by atoms with van der Waals surface area (Å²) in [6.45, 7) is 6.28. The molecule has 2 unspecified atom stereocenters. The molecule has 0 spiro atoms. The first-order valence-corrected chi connectivity index (χ1v) is 20.0. The lowest BCUT2D eigenvalue weighted by molar-refractivity contribution is -0.170. The normalized spacial score (nSPS) is 20.1. The van der Waals surface area contributed by atoms with Crippen LogP contribution in [0.3, 0.4) is 0 Å². The summed E-state index contributed by atoms with van der Waals surface area (Å²) in [6, 6.07) is 5.69. The van der Waals surface area contributed by atoms with Gasteiger partial charge in [0.25, 0.3) is 26.0 Å². The lowest BCUT2D eigenvalue weighted by Crippen LogP contribution is -2.58. The first kappa shape index (κ1) is 36.8. The molecule has 3 aliphatic rings. The Labute approximate surface area is 298 Å². The molecule has 0 bridgehead atoms. The third-order valence-corrected chi connectivity index (χ3v) is 12.9. The molecule has 2 fully saturated rings. The Kier molecular flexibility index (Phi) is 10.4. The first-order valence-electron chi connectivity index (χ1n) is 15.9. The van der Waals surface area contributed by atoms with Crippen LogP contribution in [0.1, 0.15) is 47.6 Å². The summed E-state index contributed by atoms with van der Waals surface area (Å²) in [5.74, 6) is -0.736. The predicted octanol–water partition coefficient (Wildman–Crippen LogP) is 1.51. The summed E-state index contributed by atoms with van der Waals surface area (Å²) >= 11 is 7.18. The molecule has 3 aromatic rings. The van der Waals surface area contributed by atoms with Crippen LogP contribution in [-0.4, -0.2) is 127 Å². The van der Waals surface area contributed by atoms with Gasteiger partial charge in [-0.15, -0.1) is 11.3 Å². The smallest absolute Gasteiger partial charge is 0.283 e. The number of aliphatic imine (C=N–C) groups is 1. The van der Waals surface area contributed by atoms with Crippen LogP contribution in [-0.2, 0) is 47.3 Å². The number of aliphatic hydroxyl groups excluding tert-OH is 1. The number of sulfonamides is 2. The molecule has 3 N–H and O–H groups in total. The van der Waals surface area contributed by atoms with Crippen molar-refractivity contribution in [3.05, 3.63) is 44.9 Å². The molecule has 2 aromatic heterocycles. The van der Waals surface area contributed by atoms with Gasteiger partial charge >= 0.3 is 0 Å². The quantitative estimate of drug-likeness (QED) is 0.282. The van der Waals surface area contributed by atoms with E-state index >= 15 is 0 Å². The largest absolute Gasteiger partial charge is 0.378 e. The Morgan fingerprint density at radius 3 is 2.62 bits per heavy atom. The van der Waals surface area contributed by atoms with Gasteiger partial charge in [-0.05, 0) is 45.0 Å². The van der Waals surface area contributed by atoms with E-state index in [-0.39, 0.29) is 60.0 Å². The molecular weight excluding hydrogens is 734 g/mol. The molecule has 3 aliphatic heterocycles. The zero-order chi connectivity index (χ0) is 36.0. The number of fused-ring (bicyclic) bond motifs is 2. The number of nitrogens with zero attached hydrogens (tertiary/aromatic N) is 5. The van der Waals surface area contributed by atoms with Crippen LogP contribution in [0.25, 0.3) is 10.9 Å². The minimum absolute atomic E-state index is 0.0128. The molecule has 2 saturated heterocycles. The lowest BCUT2D eigenvalue weighted by atomic mass is 10.1. The van der Waals surface area contributed by atoms with Crippen LogP contribution < -0.4 is 4.72 Å². The minimum Gasteiger partial charge on any atom is -0.378 e. The number of H-pyrrole nitrogens is 1. The number of halogens is 1. The van der Waals surface area contributed by atoms with Crippen LogP contribution in [0.4, 0.5) is 0 Å². The van der Waals surface area contributed by atoms with Gasteiger partial charge in [-0.3, -0.25) is 14.6 Å². The lowest BCUT2D eigenvalue weighted by Gasteiger charge is -2.41. The van der Waals surface area contributed by atoms with Crippen LogP contribution in [0.5, 0.6) is 0 Å². The van der Waals surface area contributed by atoms with E-state index in [2.05, 4.69) is 19.7 Å². The summed E-state index contributed by atoms with van der Waals surface area (Å²) in [7, 11) is -8.30. The van der Waals surface area contributed by atoms with E-state index in [9.17, 15) is 31.5 Å². The standard InChI is InChI=1S/C30H38ClN7O9S3/c1-30(2,3)47-29(41)35-49(42,43)24-15-22-23(16-32-24)48-27(34-22)28(40)38-7-6-37(17-20(38)14-26(39)36-8-10-46-11-9-36)50(44,45)25-13-18-12-19(31)4-5-21(18)33-25/h4-5,12-13,20,29,33,35,41H,6-11,14-17H2,1-3H3. The fourth-order valence-electron chi connectivity index (χ4n) is 5.94. The third kappa shape index (κ3) is 8.05. The predicted molar refractivity (Wildman–Crippen MR) is 185 cm³/mol. The Balaban J connectivity index is 1.21. The maximum absolute atomic E-state index is 14.0. The second kappa shape index (κ2) is 14.2. The Bertz CT molecular complexity index is 2040. The highest BCUT2D eigenvalue weighted by Crippen LogP contribution is 2.30. The van der Waals surface area contributed by atoms with Crippen LogP contribution in [0.15, 0.2) is 34.3 Å². The van der Waals surface area contributed by atoms with Crippen molar-refractivity contribution in [1.29, 1.82) is 0 Å². The molecule has 0 saturated carbocycles. The molecule has 6 rings (SSSR count). The topological polar surface area (TPSA) is 204 Å². The van der Waals surface area contributed by atoms with Gasteiger partial charge < -0.3 is 29.4 Å². The number of hydrogen-bond acceptors (Lipinski definition) is 12. The van der Waals surface area contributed by atoms with E-state index in [1.54, 1.807) is 43.9 Å². The molecule has 272 valence electrons. The van der Waals surface area contributed by atoms with Crippen molar-refractivity contribution >= 4 is 70.7 Å². The van der Waals surface area contributed by atoms with Crippen molar-refractivity contribution in [2.45, 2.75) is 63.2 Å². The number of amides is 2. The average Bonchev–Trinajstić information content (AvgIpc) is 3.68. The molecule has 16 nitrogen and oxygen atoms in total. The summed E-state index contributed by atoms with van der Waals surface area (Å²) in [6.07, 6.45) is -2.13. The SMILES string of the molecule is CC(C)(C)OC(O)NS(=O)(=O)C1=NCc2sc(C(=O)N3CCN(S(=O)(=O)c4cc5cc(Cl)ccc5[nH]4)CC3CC(=O)N3CCOCC3)nc2C1. The summed E-state index contributed by atoms with van der Waals surface area (Å²) in [4.78, 5) is 42.8. The zero-order valence-corrected chi connectivity index (χ0v) is 30.8. The Hall–Kier alpha value is -3.01. The molecule has 5 heterocycles. The fourth-order valence-corrected chi connectivity index (χ4v) is 9.58. The van der Waals surface area contributed by atoms with E-state index in [1.807, 2.05) is 0 Å². The molecular formula is C30H38ClN7O9S3. The van der Waals surface area contributed by atoms with Crippen molar-refractivity contribution in [2.75, 3.05) is 45.9 Å². The van der Waals surface area contributed by atoms with Crippen LogP contribution in [0, 0.1) is 0 Å². The summed E-state index contributed by atoms with van der Waals surface area (Å²) < 4.78 is 67.5. The van der Waals surface area contributed by atoms with Gasteiger partial charge in [0.2, 0.25) is 12.3 Å².